The van der Waals surface area contributed by atoms with Crippen molar-refractivity contribution in [3.63, 3.8) is 0 Å². The zero-order chi connectivity index (χ0) is 22.5. The highest BCUT2D eigenvalue weighted by molar-refractivity contribution is 6.33. The number of carbonyl (C=O) groups excluding carboxylic acids is 1. The van der Waals surface area contributed by atoms with Gasteiger partial charge in [0, 0.05) is 31.7 Å². The highest BCUT2D eigenvalue weighted by Crippen LogP contribution is 2.31. The van der Waals surface area contributed by atoms with E-state index >= 15 is 0 Å². The fourth-order valence-corrected chi connectivity index (χ4v) is 3.72. The minimum absolute atomic E-state index is 0.160. The summed E-state index contributed by atoms with van der Waals surface area (Å²) in [5, 5.41) is 12.2. The van der Waals surface area contributed by atoms with Gasteiger partial charge >= 0.3 is 6.03 Å². The third-order valence-corrected chi connectivity index (χ3v) is 5.67. The summed E-state index contributed by atoms with van der Waals surface area (Å²) in [6.45, 7) is 2.49. The van der Waals surface area contributed by atoms with Gasteiger partial charge in [-0.25, -0.2) is 4.79 Å². The molecular weight excluding hydrogens is 430 g/mol. The monoisotopic (exact) mass is 453 g/mol. The van der Waals surface area contributed by atoms with E-state index in [9.17, 15) is 4.79 Å². The van der Waals surface area contributed by atoms with Crippen molar-refractivity contribution in [1.29, 1.82) is 0 Å². The van der Waals surface area contributed by atoms with E-state index in [1.807, 2.05) is 42.5 Å². The largest absolute Gasteiger partial charge is 0.493 e. The molecule has 1 aromatic heterocycles. The van der Waals surface area contributed by atoms with Crippen molar-refractivity contribution in [2.24, 2.45) is 0 Å². The molecule has 0 spiro atoms. The first-order chi connectivity index (χ1) is 15.6. The predicted octanol–water partition coefficient (Wildman–Crippen LogP) is 4.17. The molecular formula is C23H24ClN5O3. The Labute approximate surface area is 191 Å². The SMILES string of the molecule is COc1ccc(-c2ccc(N3CCN(C(=O)Nc4ccccc4Cl)CC3)nn2)cc1OC. The molecule has 4 rings (SSSR count). The average Bonchev–Trinajstić information content (AvgIpc) is 2.85. The number of benzene rings is 2. The molecule has 0 unspecified atom stereocenters. The van der Waals surface area contributed by atoms with Gasteiger partial charge < -0.3 is 24.6 Å². The molecule has 2 aromatic carbocycles. The summed E-state index contributed by atoms with van der Waals surface area (Å²) in [7, 11) is 3.21. The van der Waals surface area contributed by atoms with Crippen LogP contribution in [0.4, 0.5) is 16.3 Å². The molecule has 166 valence electrons. The van der Waals surface area contributed by atoms with E-state index < -0.39 is 0 Å². The average molecular weight is 454 g/mol. The van der Waals surface area contributed by atoms with Gasteiger partial charge in [-0.2, -0.15) is 0 Å². The van der Waals surface area contributed by atoms with Crippen LogP contribution in [-0.4, -0.2) is 61.5 Å². The maximum Gasteiger partial charge on any atom is 0.322 e. The second-order valence-corrected chi connectivity index (χ2v) is 7.64. The van der Waals surface area contributed by atoms with Crippen molar-refractivity contribution in [3.05, 3.63) is 59.6 Å². The zero-order valence-corrected chi connectivity index (χ0v) is 18.7. The molecule has 2 heterocycles. The second kappa shape index (κ2) is 9.74. The lowest BCUT2D eigenvalue weighted by Gasteiger charge is -2.35. The number of ether oxygens (including phenoxy) is 2. The van der Waals surface area contributed by atoms with E-state index in [4.69, 9.17) is 21.1 Å². The smallest absolute Gasteiger partial charge is 0.322 e. The van der Waals surface area contributed by atoms with E-state index in [0.29, 0.717) is 48.4 Å². The van der Waals surface area contributed by atoms with Gasteiger partial charge in [-0.05, 0) is 42.5 Å². The van der Waals surface area contributed by atoms with Crippen LogP contribution in [0.15, 0.2) is 54.6 Å². The number of amides is 2. The first-order valence-electron chi connectivity index (χ1n) is 10.2. The first-order valence-corrected chi connectivity index (χ1v) is 10.6. The molecule has 3 aromatic rings. The van der Waals surface area contributed by atoms with Gasteiger partial charge in [-0.1, -0.05) is 23.7 Å². The maximum atomic E-state index is 12.6. The van der Waals surface area contributed by atoms with Crippen LogP contribution in [0.3, 0.4) is 0 Å². The Morgan fingerprint density at radius 3 is 2.34 bits per heavy atom. The van der Waals surface area contributed by atoms with Crippen molar-refractivity contribution < 1.29 is 14.3 Å². The molecule has 0 radical (unpaired) electrons. The number of para-hydroxylation sites is 1. The number of nitrogens with one attached hydrogen (secondary N) is 1. The number of urea groups is 1. The van der Waals surface area contributed by atoms with Crippen LogP contribution < -0.4 is 19.7 Å². The summed E-state index contributed by atoms with van der Waals surface area (Å²) in [4.78, 5) is 16.4. The third kappa shape index (κ3) is 4.70. The Kier molecular flexibility index (Phi) is 6.61. The number of halogens is 1. The molecule has 1 aliphatic rings. The van der Waals surface area contributed by atoms with Crippen molar-refractivity contribution in [1.82, 2.24) is 15.1 Å². The molecule has 1 saturated heterocycles. The van der Waals surface area contributed by atoms with Crippen molar-refractivity contribution in [2.45, 2.75) is 0 Å². The number of piperazine rings is 1. The molecule has 0 saturated carbocycles. The second-order valence-electron chi connectivity index (χ2n) is 7.23. The first kappa shape index (κ1) is 21.7. The number of carbonyl (C=O) groups is 1. The van der Waals surface area contributed by atoms with Gasteiger partial charge in [0.25, 0.3) is 0 Å². The Morgan fingerprint density at radius 2 is 1.69 bits per heavy atom. The van der Waals surface area contributed by atoms with Crippen LogP contribution in [0, 0.1) is 0 Å². The summed E-state index contributed by atoms with van der Waals surface area (Å²) < 4.78 is 10.6. The minimum Gasteiger partial charge on any atom is -0.493 e. The highest BCUT2D eigenvalue weighted by atomic mass is 35.5. The van der Waals surface area contributed by atoms with Gasteiger partial charge in [-0.3, -0.25) is 0 Å². The fourth-order valence-electron chi connectivity index (χ4n) is 3.54. The molecule has 0 bridgehead atoms. The summed E-state index contributed by atoms with van der Waals surface area (Å²) in [5.41, 5.74) is 2.24. The number of hydrogen-bond donors (Lipinski definition) is 1. The number of rotatable bonds is 5. The van der Waals surface area contributed by atoms with Crippen LogP contribution in [0.25, 0.3) is 11.3 Å². The molecule has 9 heteroatoms. The number of methoxy groups -OCH3 is 2. The van der Waals surface area contributed by atoms with E-state index in [2.05, 4.69) is 20.4 Å². The van der Waals surface area contributed by atoms with Crippen molar-refractivity contribution >= 4 is 29.1 Å². The zero-order valence-electron chi connectivity index (χ0n) is 17.9. The highest BCUT2D eigenvalue weighted by Gasteiger charge is 2.22. The number of nitrogens with zero attached hydrogens (tertiary/aromatic N) is 4. The summed E-state index contributed by atoms with van der Waals surface area (Å²) in [5.74, 6) is 2.08. The Bertz CT molecular complexity index is 1090. The Hall–Kier alpha value is -3.52. The molecule has 8 nitrogen and oxygen atoms in total. The van der Waals surface area contributed by atoms with Crippen LogP contribution in [0.2, 0.25) is 5.02 Å². The quantitative estimate of drug-likeness (QED) is 0.624. The lowest BCUT2D eigenvalue weighted by atomic mass is 10.1. The van der Waals surface area contributed by atoms with E-state index in [-0.39, 0.29) is 6.03 Å². The van der Waals surface area contributed by atoms with Crippen LogP contribution in [0.5, 0.6) is 11.5 Å². The molecule has 32 heavy (non-hydrogen) atoms. The summed E-state index contributed by atoms with van der Waals surface area (Å²) in [6, 6.07) is 16.5. The summed E-state index contributed by atoms with van der Waals surface area (Å²) in [6.07, 6.45) is 0. The van der Waals surface area contributed by atoms with E-state index in [0.717, 1.165) is 17.1 Å². The lowest BCUT2D eigenvalue weighted by molar-refractivity contribution is 0.208. The van der Waals surface area contributed by atoms with Gasteiger partial charge in [0.2, 0.25) is 0 Å². The minimum atomic E-state index is -0.160. The molecule has 1 aliphatic heterocycles. The molecule has 0 aliphatic carbocycles. The Balaban J connectivity index is 1.37. The van der Waals surface area contributed by atoms with E-state index in [1.165, 1.54) is 0 Å². The van der Waals surface area contributed by atoms with Gasteiger partial charge in [0.15, 0.2) is 17.3 Å². The fraction of sp³-hybridized carbons (Fsp3) is 0.261. The normalized spacial score (nSPS) is 13.6. The lowest BCUT2D eigenvalue weighted by Crippen LogP contribution is -2.50. The number of hydrogen-bond acceptors (Lipinski definition) is 6. The van der Waals surface area contributed by atoms with E-state index in [1.54, 1.807) is 31.3 Å². The third-order valence-electron chi connectivity index (χ3n) is 5.34. The van der Waals surface area contributed by atoms with Gasteiger partial charge in [0.05, 0.1) is 30.6 Å². The summed E-state index contributed by atoms with van der Waals surface area (Å²) >= 11 is 6.13. The Morgan fingerprint density at radius 1 is 0.938 bits per heavy atom. The van der Waals surface area contributed by atoms with Crippen molar-refractivity contribution in [3.8, 4) is 22.8 Å². The molecule has 2 amide bonds. The van der Waals surface area contributed by atoms with Gasteiger partial charge in [0.1, 0.15) is 0 Å². The molecule has 1 fully saturated rings. The maximum absolute atomic E-state index is 12.6. The van der Waals surface area contributed by atoms with Gasteiger partial charge in [-0.15, -0.1) is 10.2 Å². The number of aromatic nitrogens is 2. The van der Waals surface area contributed by atoms with Crippen molar-refractivity contribution in [2.75, 3.05) is 50.6 Å². The predicted molar refractivity (Wildman–Crippen MR) is 125 cm³/mol. The van der Waals surface area contributed by atoms with Crippen LogP contribution in [0.1, 0.15) is 0 Å². The molecule has 1 N–H and O–H groups in total. The standard InChI is InChI=1S/C23H24ClN5O3/c1-31-20-9-7-16(15-21(20)32-2)18-8-10-22(27-26-18)28-11-13-29(14-12-28)23(30)25-19-6-4-3-5-17(19)24/h3-10,15H,11-14H2,1-2H3,(H,25,30). The van der Waals surface area contributed by atoms with Crippen LogP contribution >= 0.6 is 11.6 Å². The number of anilines is 2. The van der Waals surface area contributed by atoms with Crippen LogP contribution in [-0.2, 0) is 0 Å². The molecule has 0 atom stereocenters. The topological polar surface area (TPSA) is 79.8 Å².